The number of aromatic nitrogens is 1. The van der Waals surface area contributed by atoms with E-state index in [-0.39, 0.29) is 5.82 Å². The van der Waals surface area contributed by atoms with E-state index in [2.05, 4.69) is 26.4 Å². The Balaban J connectivity index is 2.18. The van der Waals surface area contributed by atoms with Crippen LogP contribution in [0, 0.1) is 6.92 Å². The van der Waals surface area contributed by atoms with Gasteiger partial charge < -0.3 is 9.84 Å². The van der Waals surface area contributed by atoms with Gasteiger partial charge in [-0.1, -0.05) is 17.3 Å². The van der Waals surface area contributed by atoms with Crippen molar-refractivity contribution in [1.29, 1.82) is 0 Å². The number of carbonyl (C=O) groups excluding carboxylic acids is 1. The molecular weight excluding hydrogens is 374 g/mol. The number of nitrogens with one attached hydrogen (secondary N) is 1. The Morgan fingerprint density at radius 1 is 1.41 bits per heavy atom. The van der Waals surface area contributed by atoms with Gasteiger partial charge in [-0.15, -0.1) is 0 Å². The van der Waals surface area contributed by atoms with Crippen LogP contribution in [0.15, 0.2) is 39.3 Å². The molecule has 2 rings (SSSR count). The molecule has 7 nitrogen and oxygen atoms in total. The van der Waals surface area contributed by atoms with Gasteiger partial charge in [-0.2, -0.15) is 0 Å². The van der Waals surface area contributed by atoms with Gasteiger partial charge in [-0.05, 0) is 35.0 Å². The molecule has 0 aliphatic carbocycles. The third kappa shape index (κ3) is 4.08. The van der Waals surface area contributed by atoms with Crippen molar-refractivity contribution < 1.29 is 17.7 Å². The van der Waals surface area contributed by atoms with Gasteiger partial charge in [0, 0.05) is 10.5 Å². The number of sulfonamides is 1. The quantitative estimate of drug-likeness (QED) is 0.848. The molecule has 0 saturated heterocycles. The normalized spacial score (nSPS) is 11.2. The van der Waals surface area contributed by atoms with Gasteiger partial charge in [0.05, 0.1) is 11.9 Å². The Morgan fingerprint density at radius 3 is 2.64 bits per heavy atom. The van der Waals surface area contributed by atoms with Crippen molar-refractivity contribution in [3.05, 3.63) is 40.6 Å². The van der Waals surface area contributed by atoms with Crippen molar-refractivity contribution in [2.24, 2.45) is 0 Å². The highest BCUT2D eigenvalue weighted by Gasteiger charge is 2.24. The maximum Gasteiger partial charge on any atom is 0.245 e. The van der Waals surface area contributed by atoms with Crippen LogP contribution in [-0.4, -0.2) is 32.3 Å². The minimum absolute atomic E-state index is 0.0716. The molecule has 0 radical (unpaired) electrons. The summed E-state index contributed by atoms with van der Waals surface area (Å²) in [5.74, 6) is 0.0371. The summed E-state index contributed by atoms with van der Waals surface area (Å²) in [6, 6.07) is 8.49. The summed E-state index contributed by atoms with van der Waals surface area (Å²) in [6.45, 7) is 1.24. The lowest BCUT2D eigenvalue weighted by Crippen LogP contribution is -2.37. The van der Waals surface area contributed by atoms with Crippen LogP contribution in [-0.2, 0) is 14.8 Å². The number of hydrogen-bond acceptors (Lipinski definition) is 5. The zero-order valence-corrected chi connectivity index (χ0v) is 14.3. The molecule has 0 atom stereocenters. The van der Waals surface area contributed by atoms with Gasteiger partial charge in [0.25, 0.3) is 0 Å². The standard InChI is InChI=1S/C13H14BrN3O4S/c1-9-7-12(16-21-9)17(22(2,19)20)8-13(18)15-11-6-4-3-5-10(11)14/h3-7H,8H2,1-2H3,(H,15,18). The number of para-hydroxylation sites is 1. The predicted molar refractivity (Wildman–Crippen MR) is 86.2 cm³/mol. The van der Waals surface area contributed by atoms with Crippen LogP contribution in [0.1, 0.15) is 5.76 Å². The highest BCUT2D eigenvalue weighted by molar-refractivity contribution is 9.10. The van der Waals surface area contributed by atoms with Crippen LogP contribution >= 0.6 is 15.9 Å². The molecule has 22 heavy (non-hydrogen) atoms. The van der Waals surface area contributed by atoms with Crippen LogP contribution in [0.5, 0.6) is 0 Å². The molecule has 1 amide bonds. The Hall–Kier alpha value is -1.87. The van der Waals surface area contributed by atoms with E-state index in [1.807, 2.05) is 0 Å². The fourth-order valence-corrected chi connectivity index (χ4v) is 2.88. The molecule has 0 fully saturated rings. The van der Waals surface area contributed by atoms with E-state index in [1.165, 1.54) is 6.07 Å². The number of carbonyl (C=O) groups is 1. The maximum atomic E-state index is 12.1. The van der Waals surface area contributed by atoms with Crippen LogP contribution in [0.4, 0.5) is 11.5 Å². The Bertz CT molecular complexity index is 788. The second kappa shape index (κ2) is 6.49. The largest absolute Gasteiger partial charge is 0.360 e. The molecule has 9 heteroatoms. The van der Waals surface area contributed by atoms with E-state index < -0.39 is 22.5 Å². The molecule has 0 aliphatic heterocycles. The number of rotatable bonds is 5. The maximum absolute atomic E-state index is 12.1. The summed E-state index contributed by atoms with van der Waals surface area (Å²) in [4.78, 5) is 12.1. The van der Waals surface area contributed by atoms with E-state index in [9.17, 15) is 13.2 Å². The average Bonchev–Trinajstić information content (AvgIpc) is 2.84. The van der Waals surface area contributed by atoms with Gasteiger partial charge in [0.2, 0.25) is 15.9 Å². The lowest BCUT2D eigenvalue weighted by molar-refractivity contribution is -0.114. The smallest absolute Gasteiger partial charge is 0.245 e. The Kier molecular flexibility index (Phi) is 4.87. The predicted octanol–water partition coefficient (Wildman–Crippen LogP) is 2.15. The molecule has 2 aromatic rings. The summed E-state index contributed by atoms with van der Waals surface area (Å²) < 4.78 is 30.2. The third-order valence-electron chi connectivity index (χ3n) is 2.71. The lowest BCUT2D eigenvalue weighted by atomic mass is 10.3. The van der Waals surface area contributed by atoms with Crippen molar-refractivity contribution in [1.82, 2.24) is 5.16 Å². The van der Waals surface area contributed by atoms with Crippen molar-refractivity contribution >= 4 is 43.4 Å². The van der Waals surface area contributed by atoms with E-state index in [0.717, 1.165) is 10.6 Å². The number of amides is 1. The number of nitrogens with zero attached hydrogens (tertiary/aromatic N) is 2. The lowest BCUT2D eigenvalue weighted by Gasteiger charge is -2.18. The first-order chi connectivity index (χ1) is 10.3. The molecule has 1 heterocycles. The molecule has 0 bridgehead atoms. The first kappa shape index (κ1) is 16.5. The van der Waals surface area contributed by atoms with E-state index in [1.54, 1.807) is 31.2 Å². The monoisotopic (exact) mass is 387 g/mol. The van der Waals surface area contributed by atoms with Crippen molar-refractivity contribution in [3.63, 3.8) is 0 Å². The fourth-order valence-electron chi connectivity index (χ4n) is 1.72. The van der Waals surface area contributed by atoms with Gasteiger partial charge in [-0.3, -0.25) is 4.79 Å². The number of aryl methyl sites for hydroxylation is 1. The molecule has 0 spiro atoms. The van der Waals surface area contributed by atoms with Gasteiger partial charge in [0.15, 0.2) is 5.82 Å². The van der Waals surface area contributed by atoms with E-state index >= 15 is 0 Å². The summed E-state index contributed by atoms with van der Waals surface area (Å²) >= 11 is 3.30. The molecule has 118 valence electrons. The molecule has 1 aromatic heterocycles. The van der Waals surface area contributed by atoms with Crippen LogP contribution in [0.25, 0.3) is 0 Å². The van der Waals surface area contributed by atoms with Crippen LogP contribution < -0.4 is 9.62 Å². The first-order valence-electron chi connectivity index (χ1n) is 6.23. The first-order valence-corrected chi connectivity index (χ1v) is 8.87. The number of halogens is 1. The van der Waals surface area contributed by atoms with Crippen molar-refractivity contribution in [2.45, 2.75) is 6.92 Å². The Labute approximate surface area is 136 Å². The summed E-state index contributed by atoms with van der Waals surface area (Å²) in [5.41, 5.74) is 0.553. The van der Waals surface area contributed by atoms with Crippen molar-refractivity contribution in [3.8, 4) is 0 Å². The average molecular weight is 388 g/mol. The molecule has 0 saturated carbocycles. The van der Waals surface area contributed by atoms with E-state index in [4.69, 9.17) is 4.52 Å². The zero-order valence-electron chi connectivity index (χ0n) is 11.9. The number of benzene rings is 1. The van der Waals surface area contributed by atoms with Crippen LogP contribution in [0.3, 0.4) is 0 Å². The molecular formula is C13H14BrN3O4S. The minimum Gasteiger partial charge on any atom is -0.360 e. The summed E-state index contributed by atoms with van der Waals surface area (Å²) in [6.07, 6.45) is 1.00. The Morgan fingerprint density at radius 2 is 2.09 bits per heavy atom. The molecule has 1 N–H and O–H groups in total. The van der Waals surface area contributed by atoms with Crippen molar-refractivity contribution in [2.75, 3.05) is 22.4 Å². The van der Waals surface area contributed by atoms with Gasteiger partial charge >= 0.3 is 0 Å². The minimum atomic E-state index is -3.66. The second-order valence-corrected chi connectivity index (χ2v) is 7.35. The molecule has 0 unspecified atom stereocenters. The summed E-state index contributed by atoms with van der Waals surface area (Å²) in [5, 5.41) is 6.28. The number of hydrogen-bond donors (Lipinski definition) is 1. The fraction of sp³-hybridized carbons (Fsp3) is 0.231. The van der Waals surface area contributed by atoms with Crippen LogP contribution in [0.2, 0.25) is 0 Å². The third-order valence-corrected chi connectivity index (χ3v) is 4.51. The SMILES string of the molecule is Cc1cc(N(CC(=O)Nc2ccccc2Br)S(C)(=O)=O)no1. The number of anilines is 2. The summed E-state index contributed by atoms with van der Waals surface area (Å²) in [7, 11) is -3.66. The van der Waals surface area contributed by atoms with Gasteiger partial charge in [0.1, 0.15) is 12.3 Å². The highest BCUT2D eigenvalue weighted by atomic mass is 79.9. The zero-order chi connectivity index (χ0) is 16.3. The second-order valence-electron chi connectivity index (χ2n) is 4.59. The highest BCUT2D eigenvalue weighted by Crippen LogP contribution is 2.22. The topological polar surface area (TPSA) is 92.5 Å². The molecule has 0 aliphatic rings. The molecule has 1 aromatic carbocycles. The van der Waals surface area contributed by atoms with E-state index in [0.29, 0.717) is 15.9 Å². The van der Waals surface area contributed by atoms with Gasteiger partial charge in [-0.25, -0.2) is 12.7 Å².